The molecule has 0 aromatic carbocycles. The molecule has 2 saturated carbocycles. The normalized spacial score (nSPS) is 16.7. The molecule has 2 atom stereocenters. The van der Waals surface area contributed by atoms with Crippen molar-refractivity contribution in [1.82, 2.24) is 30.4 Å². The largest absolute Gasteiger partial charge is 0.481 e. The highest BCUT2D eigenvalue weighted by Gasteiger charge is 2.48. The standard InChI is InChI=1S/C25H29F2N7O5/c1-12-20(33-39-32-12)23(35)30-21(19(13-4-5-13)14-6-7-14)24(36)29-17-10-34(31-22(17)27)18(11-37-2)16-8-15(26)9-28-25(16)38-3/h8-10,13-14,18-19,21H,4-7,11H2,1-3H3,(H,29,36)(H,30,35). The van der Waals surface area contributed by atoms with E-state index >= 15 is 4.39 Å². The summed E-state index contributed by atoms with van der Waals surface area (Å²) in [5, 5.41) is 16.6. The number of carbonyl (C=O) groups is 2. The predicted octanol–water partition coefficient (Wildman–Crippen LogP) is 2.67. The Hall–Kier alpha value is -3.94. The van der Waals surface area contributed by atoms with Gasteiger partial charge in [0.1, 0.15) is 29.3 Å². The van der Waals surface area contributed by atoms with E-state index in [4.69, 9.17) is 9.47 Å². The molecule has 5 rings (SSSR count). The molecule has 3 heterocycles. The Morgan fingerprint density at radius 3 is 2.49 bits per heavy atom. The van der Waals surface area contributed by atoms with Gasteiger partial charge in [-0.25, -0.2) is 14.0 Å². The summed E-state index contributed by atoms with van der Waals surface area (Å²) >= 11 is 0. The van der Waals surface area contributed by atoms with Crippen molar-refractivity contribution in [2.45, 2.75) is 44.7 Å². The summed E-state index contributed by atoms with van der Waals surface area (Å²) in [6.07, 6.45) is 6.12. The van der Waals surface area contributed by atoms with Crippen LogP contribution in [0.4, 0.5) is 14.5 Å². The number of amides is 2. The van der Waals surface area contributed by atoms with E-state index in [0.717, 1.165) is 31.9 Å². The fourth-order valence-corrected chi connectivity index (χ4v) is 5.02. The van der Waals surface area contributed by atoms with Crippen molar-refractivity contribution < 1.29 is 32.5 Å². The lowest BCUT2D eigenvalue weighted by Crippen LogP contribution is -2.50. The Bertz CT molecular complexity index is 1340. The van der Waals surface area contributed by atoms with Crippen molar-refractivity contribution in [3.8, 4) is 5.88 Å². The minimum absolute atomic E-state index is 0.00873. The van der Waals surface area contributed by atoms with Gasteiger partial charge in [-0.05, 0) is 61.6 Å². The topological polar surface area (TPSA) is 146 Å². The van der Waals surface area contributed by atoms with Crippen LogP contribution in [0.15, 0.2) is 23.1 Å². The SMILES string of the molecule is COCC(c1cc(F)cnc1OC)n1cc(NC(=O)C(NC(=O)c2nonc2C)C(C2CC2)C2CC2)c(F)n1. The van der Waals surface area contributed by atoms with Crippen molar-refractivity contribution >= 4 is 17.5 Å². The van der Waals surface area contributed by atoms with Crippen LogP contribution in [-0.2, 0) is 9.53 Å². The van der Waals surface area contributed by atoms with Gasteiger partial charge in [-0.3, -0.25) is 14.3 Å². The predicted molar refractivity (Wildman–Crippen MR) is 131 cm³/mol. The molecule has 2 fully saturated rings. The number of hydrogen-bond acceptors (Lipinski definition) is 9. The van der Waals surface area contributed by atoms with E-state index in [2.05, 4.69) is 35.7 Å². The number of hydrogen-bond donors (Lipinski definition) is 2. The molecule has 3 aromatic heterocycles. The van der Waals surface area contributed by atoms with Crippen LogP contribution in [0.3, 0.4) is 0 Å². The highest BCUT2D eigenvalue weighted by molar-refractivity contribution is 6.01. The van der Waals surface area contributed by atoms with Gasteiger partial charge in [0.25, 0.3) is 11.9 Å². The Labute approximate surface area is 222 Å². The van der Waals surface area contributed by atoms with Crippen molar-refractivity contribution in [1.29, 1.82) is 0 Å². The second kappa shape index (κ2) is 11.0. The number of anilines is 1. The molecule has 208 valence electrons. The third-order valence-corrected chi connectivity index (χ3v) is 7.14. The summed E-state index contributed by atoms with van der Waals surface area (Å²) in [5.74, 6) is -2.14. The van der Waals surface area contributed by atoms with Crippen LogP contribution < -0.4 is 15.4 Å². The van der Waals surface area contributed by atoms with Gasteiger partial charge in [0, 0.05) is 12.7 Å². The fourth-order valence-electron chi connectivity index (χ4n) is 5.02. The van der Waals surface area contributed by atoms with Gasteiger partial charge in [-0.2, -0.15) is 4.39 Å². The zero-order valence-corrected chi connectivity index (χ0v) is 21.7. The molecule has 14 heteroatoms. The van der Waals surface area contributed by atoms with Gasteiger partial charge in [0.05, 0.1) is 26.1 Å². The maximum absolute atomic E-state index is 15.1. The molecule has 2 aliphatic carbocycles. The van der Waals surface area contributed by atoms with Crippen LogP contribution in [0.5, 0.6) is 5.88 Å². The first-order valence-electron chi connectivity index (χ1n) is 12.6. The number of nitrogens with one attached hydrogen (secondary N) is 2. The summed E-state index contributed by atoms with van der Waals surface area (Å²) in [5.41, 5.74) is 0.356. The van der Waals surface area contributed by atoms with E-state index in [0.29, 0.717) is 5.69 Å². The third-order valence-electron chi connectivity index (χ3n) is 7.14. The number of halogens is 2. The molecular weight excluding hydrogens is 516 g/mol. The van der Waals surface area contributed by atoms with E-state index in [1.54, 1.807) is 6.92 Å². The lowest BCUT2D eigenvalue weighted by Gasteiger charge is -2.27. The number of methoxy groups -OCH3 is 2. The summed E-state index contributed by atoms with van der Waals surface area (Å²) in [6, 6.07) is -0.536. The van der Waals surface area contributed by atoms with Crippen molar-refractivity contribution in [3.05, 3.63) is 47.2 Å². The van der Waals surface area contributed by atoms with Gasteiger partial charge in [-0.15, -0.1) is 5.10 Å². The van der Waals surface area contributed by atoms with Gasteiger partial charge in [0.15, 0.2) is 5.69 Å². The molecule has 0 aliphatic heterocycles. The van der Waals surface area contributed by atoms with Gasteiger partial charge < -0.3 is 20.1 Å². The number of carbonyl (C=O) groups excluding carboxylic acids is 2. The third kappa shape index (κ3) is 5.75. The van der Waals surface area contributed by atoms with Crippen molar-refractivity contribution in [2.75, 3.05) is 26.1 Å². The molecular formula is C25H29F2N7O5. The summed E-state index contributed by atoms with van der Waals surface area (Å²) in [6.45, 7) is 1.56. The van der Waals surface area contributed by atoms with E-state index in [9.17, 15) is 14.0 Å². The summed E-state index contributed by atoms with van der Waals surface area (Å²) in [4.78, 5) is 30.5. The quantitative estimate of drug-likeness (QED) is 0.351. The van der Waals surface area contributed by atoms with Gasteiger partial charge in [0.2, 0.25) is 11.8 Å². The zero-order valence-electron chi connectivity index (χ0n) is 21.7. The number of aryl methyl sites for hydroxylation is 1. The second-order valence-electron chi connectivity index (χ2n) is 9.93. The minimum atomic E-state index is -0.955. The van der Waals surface area contributed by atoms with Crippen molar-refractivity contribution in [3.63, 3.8) is 0 Å². The highest BCUT2D eigenvalue weighted by Crippen LogP contribution is 2.51. The molecule has 39 heavy (non-hydrogen) atoms. The monoisotopic (exact) mass is 545 g/mol. The van der Waals surface area contributed by atoms with E-state index in [-0.39, 0.29) is 47.2 Å². The highest BCUT2D eigenvalue weighted by atomic mass is 19.1. The molecule has 3 aromatic rings. The maximum Gasteiger partial charge on any atom is 0.276 e. The van der Waals surface area contributed by atoms with Crippen LogP contribution in [0.25, 0.3) is 0 Å². The van der Waals surface area contributed by atoms with E-state index < -0.39 is 35.7 Å². The maximum atomic E-state index is 15.1. The first-order chi connectivity index (χ1) is 18.8. The van der Waals surface area contributed by atoms with E-state index in [1.807, 2.05) is 0 Å². The van der Waals surface area contributed by atoms with Gasteiger partial charge >= 0.3 is 0 Å². The molecule has 0 saturated heterocycles. The molecule has 0 radical (unpaired) electrons. The lowest BCUT2D eigenvalue weighted by molar-refractivity contribution is -0.119. The van der Waals surface area contributed by atoms with Gasteiger partial charge in [-0.1, -0.05) is 5.16 Å². The molecule has 2 amide bonds. The average Bonchev–Trinajstić information content (AvgIpc) is 3.85. The smallest absolute Gasteiger partial charge is 0.276 e. The summed E-state index contributed by atoms with van der Waals surface area (Å²) in [7, 11) is 2.81. The number of aromatic nitrogens is 5. The molecule has 0 bridgehead atoms. The zero-order chi connectivity index (χ0) is 27.7. The lowest BCUT2D eigenvalue weighted by atomic mass is 9.88. The molecule has 2 aliphatic rings. The molecule has 0 spiro atoms. The fraction of sp³-hybridized carbons (Fsp3) is 0.520. The Kier molecular flexibility index (Phi) is 7.55. The van der Waals surface area contributed by atoms with Crippen LogP contribution in [-0.4, -0.2) is 63.8 Å². The van der Waals surface area contributed by atoms with Crippen LogP contribution in [0, 0.1) is 36.4 Å². The molecule has 2 N–H and O–H groups in total. The number of rotatable bonds is 12. The van der Waals surface area contributed by atoms with Crippen LogP contribution >= 0.6 is 0 Å². The Morgan fingerprint density at radius 2 is 1.90 bits per heavy atom. The minimum Gasteiger partial charge on any atom is -0.481 e. The average molecular weight is 546 g/mol. The van der Waals surface area contributed by atoms with E-state index in [1.165, 1.54) is 31.2 Å². The second-order valence-corrected chi connectivity index (χ2v) is 9.93. The number of ether oxygens (including phenoxy) is 2. The Balaban J connectivity index is 1.41. The number of nitrogens with zero attached hydrogens (tertiary/aromatic N) is 5. The number of pyridine rings is 1. The molecule has 2 unspecified atom stereocenters. The molecule has 12 nitrogen and oxygen atoms in total. The van der Waals surface area contributed by atoms with Crippen molar-refractivity contribution in [2.24, 2.45) is 17.8 Å². The Morgan fingerprint density at radius 1 is 1.18 bits per heavy atom. The first kappa shape index (κ1) is 26.7. The van der Waals surface area contributed by atoms with Crippen LogP contribution in [0.1, 0.15) is 53.5 Å². The summed E-state index contributed by atoms with van der Waals surface area (Å²) < 4.78 is 45.5. The first-order valence-corrected chi connectivity index (χ1v) is 12.6. The van der Waals surface area contributed by atoms with Crippen LogP contribution in [0.2, 0.25) is 0 Å².